The fourth-order valence-corrected chi connectivity index (χ4v) is 3.60. The molecule has 0 aromatic rings. The van der Waals surface area contributed by atoms with E-state index in [2.05, 4.69) is 49.7 Å². The van der Waals surface area contributed by atoms with Gasteiger partial charge in [-0.25, -0.2) is 0 Å². The lowest BCUT2D eigenvalue weighted by Crippen LogP contribution is -2.59. The molecule has 0 aromatic carbocycles. The molecule has 19 heavy (non-hydrogen) atoms. The number of piperazine rings is 1. The summed E-state index contributed by atoms with van der Waals surface area (Å²) in [6, 6.07) is 2.08. The van der Waals surface area contributed by atoms with Gasteiger partial charge >= 0.3 is 0 Å². The molecule has 114 valence electrons. The molecule has 0 amide bonds. The van der Waals surface area contributed by atoms with Gasteiger partial charge in [-0.3, -0.25) is 9.80 Å². The van der Waals surface area contributed by atoms with E-state index in [4.69, 9.17) is 0 Å². The van der Waals surface area contributed by atoms with Gasteiger partial charge in [0.1, 0.15) is 0 Å². The number of likely N-dealkylation sites (N-methyl/N-ethyl adjacent to an activating group) is 2. The van der Waals surface area contributed by atoms with Gasteiger partial charge in [-0.05, 0) is 32.9 Å². The zero-order valence-electron chi connectivity index (χ0n) is 13.8. The Morgan fingerprint density at radius 2 is 1.89 bits per heavy atom. The molecule has 3 nitrogen and oxygen atoms in total. The topological polar surface area (TPSA) is 18.5 Å². The molecule has 0 aliphatic carbocycles. The molecule has 1 rings (SSSR count). The highest BCUT2D eigenvalue weighted by Gasteiger charge is 2.30. The summed E-state index contributed by atoms with van der Waals surface area (Å²) < 4.78 is 0. The minimum atomic E-state index is 0.667. The molecule has 3 atom stereocenters. The fourth-order valence-electron chi connectivity index (χ4n) is 3.60. The van der Waals surface area contributed by atoms with Gasteiger partial charge < -0.3 is 5.32 Å². The van der Waals surface area contributed by atoms with E-state index in [9.17, 15) is 0 Å². The molecule has 1 aliphatic rings. The molecule has 3 heteroatoms. The fraction of sp³-hybridized carbons (Fsp3) is 1.00. The van der Waals surface area contributed by atoms with Crippen LogP contribution in [0.4, 0.5) is 0 Å². The summed E-state index contributed by atoms with van der Waals surface area (Å²) in [6.07, 6.45) is 3.84. The third-order valence-corrected chi connectivity index (χ3v) is 4.62. The van der Waals surface area contributed by atoms with Crippen molar-refractivity contribution in [1.29, 1.82) is 0 Å². The van der Waals surface area contributed by atoms with Crippen molar-refractivity contribution < 1.29 is 0 Å². The highest BCUT2D eigenvalue weighted by atomic mass is 15.3. The third-order valence-electron chi connectivity index (χ3n) is 4.62. The Bertz CT molecular complexity index is 226. The van der Waals surface area contributed by atoms with E-state index in [1.165, 1.54) is 45.4 Å². The van der Waals surface area contributed by atoms with Crippen LogP contribution in [0, 0.1) is 0 Å². The van der Waals surface area contributed by atoms with Gasteiger partial charge in [-0.15, -0.1) is 0 Å². The van der Waals surface area contributed by atoms with Crippen LogP contribution in [0.5, 0.6) is 0 Å². The lowest BCUT2D eigenvalue weighted by Gasteiger charge is -2.45. The number of hydrogen-bond donors (Lipinski definition) is 1. The Hall–Kier alpha value is -0.120. The largest absolute Gasteiger partial charge is 0.313 e. The highest BCUT2D eigenvalue weighted by Crippen LogP contribution is 2.18. The van der Waals surface area contributed by atoms with E-state index in [-0.39, 0.29) is 0 Å². The zero-order valence-corrected chi connectivity index (χ0v) is 13.8. The predicted molar refractivity (Wildman–Crippen MR) is 84.7 cm³/mol. The molecule has 0 aromatic heterocycles. The Kier molecular flexibility index (Phi) is 7.96. The van der Waals surface area contributed by atoms with Crippen LogP contribution in [0.1, 0.15) is 53.9 Å². The average molecular weight is 269 g/mol. The second kappa shape index (κ2) is 8.93. The normalized spacial score (nSPS) is 25.4. The predicted octanol–water partition coefficient (Wildman–Crippen LogP) is 2.57. The summed E-state index contributed by atoms with van der Waals surface area (Å²) in [5, 5.41) is 3.72. The van der Waals surface area contributed by atoms with E-state index in [1.54, 1.807) is 0 Å². The van der Waals surface area contributed by atoms with E-state index < -0.39 is 0 Å². The molecule has 0 radical (unpaired) electrons. The Balaban J connectivity index is 2.62. The standard InChI is InChI=1S/C16H35N3/c1-6-10-15(17-8-3)16(7-2)19-12-11-18(9-4)14(5)13-19/h14-17H,6-13H2,1-5H3. The van der Waals surface area contributed by atoms with E-state index >= 15 is 0 Å². The SMILES string of the molecule is CCCC(NCC)C(CC)N1CCN(CC)C(C)C1. The van der Waals surface area contributed by atoms with Crippen molar-refractivity contribution in [2.75, 3.05) is 32.7 Å². The van der Waals surface area contributed by atoms with E-state index in [1.807, 2.05) is 0 Å². The highest BCUT2D eigenvalue weighted by molar-refractivity contribution is 4.88. The summed E-state index contributed by atoms with van der Waals surface area (Å²) in [7, 11) is 0. The van der Waals surface area contributed by atoms with Crippen LogP contribution in [0.2, 0.25) is 0 Å². The lowest BCUT2D eigenvalue weighted by molar-refractivity contribution is 0.0429. The first kappa shape index (κ1) is 16.9. The Morgan fingerprint density at radius 1 is 1.16 bits per heavy atom. The van der Waals surface area contributed by atoms with Crippen molar-refractivity contribution in [1.82, 2.24) is 15.1 Å². The Labute approximate surface area is 120 Å². The van der Waals surface area contributed by atoms with Gasteiger partial charge in [0.25, 0.3) is 0 Å². The van der Waals surface area contributed by atoms with E-state index in [0.29, 0.717) is 18.1 Å². The first-order valence-electron chi connectivity index (χ1n) is 8.39. The molecule has 1 N–H and O–H groups in total. The van der Waals surface area contributed by atoms with Crippen molar-refractivity contribution in [3.05, 3.63) is 0 Å². The average Bonchev–Trinajstić information content (AvgIpc) is 2.40. The molecule has 1 fully saturated rings. The van der Waals surface area contributed by atoms with Crippen LogP contribution in [-0.2, 0) is 0 Å². The molecule has 3 unspecified atom stereocenters. The van der Waals surface area contributed by atoms with Gasteiger partial charge in [0.15, 0.2) is 0 Å². The summed E-state index contributed by atoms with van der Waals surface area (Å²) in [5.41, 5.74) is 0. The number of nitrogens with zero attached hydrogens (tertiary/aromatic N) is 2. The molecule has 1 saturated heterocycles. The number of rotatable bonds is 8. The molecule has 0 saturated carbocycles. The molecular formula is C16H35N3. The quantitative estimate of drug-likeness (QED) is 0.730. The van der Waals surface area contributed by atoms with Crippen LogP contribution in [0.15, 0.2) is 0 Å². The van der Waals surface area contributed by atoms with Gasteiger partial charge in [-0.2, -0.15) is 0 Å². The van der Waals surface area contributed by atoms with Crippen molar-refractivity contribution in [2.24, 2.45) is 0 Å². The van der Waals surface area contributed by atoms with Crippen LogP contribution >= 0.6 is 0 Å². The first-order chi connectivity index (χ1) is 9.17. The second-order valence-electron chi connectivity index (χ2n) is 5.90. The van der Waals surface area contributed by atoms with Crippen molar-refractivity contribution in [3.8, 4) is 0 Å². The molecule has 0 bridgehead atoms. The molecule has 0 spiro atoms. The van der Waals surface area contributed by atoms with Gasteiger partial charge in [0.2, 0.25) is 0 Å². The second-order valence-corrected chi connectivity index (χ2v) is 5.90. The summed E-state index contributed by atoms with van der Waals surface area (Å²) in [4.78, 5) is 5.34. The first-order valence-corrected chi connectivity index (χ1v) is 8.39. The van der Waals surface area contributed by atoms with Crippen molar-refractivity contribution in [2.45, 2.75) is 72.0 Å². The smallest absolute Gasteiger partial charge is 0.0247 e. The number of nitrogens with one attached hydrogen (secondary N) is 1. The molecular weight excluding hydrogens is 234 g/mol. The van der Waals surface area contributed by atoms with Crippen LogP contribution in [0.25, 0.3) is 0 Å². The minimum absolute atomic E-state index is 0.667. The van der Waals surface area contributed by atoms with Gasteiger partial charge in [0, 0.05) is 37.8 Å². The zero-order chi connectivity index (χ0) is 14.3. The van der Waals surface area contributed by atoms with Crippen LogP contribution < -0.4 is 5.32 Å². The summed E-state index contributed by atoms with van der Waals surface area (Å²) in [6.45, 7) is 17.5. The van der Waals surface area contributed by atoms with Crippen molar-refractivity contribution in [3.63, 3.8) is 0 Å². The Morgan fingerprint density at radius 3 is 2.37 bits per heavy atom. The van der Waals surface area contributed by atoms with Crippen molar-refractivity contribution >= 4 is 0 Å². The minimum Gasteiger partial charge on any atom is -0.313 e. The lowest BCUT2D eigenvalue weighted by atomic mass is 9.97. The molecule has 1 aliphatic heterocycles. The molecule has 1 heterocycles. The third kappa shape index (κ3) is 4.73. The summed E-state index contributed by atoms with van der Waals surface area (Å²) in [5.74, 6) is 0. The number of hydrogen-bond acceptors (Lipinski definition) is 3. The van der Waals surface area contributed by atoms with E-state index in [0.717, 1.165) is 6.54 Å². The maximum Gasteiger partial charge on any atom is 0.0247 e. The van der Waals surface area contributed by atoms with Crippen LogP contribution in [0.3, 0.4) is 0 Å². The maximum absolute atomic E-state index is 3.72. The van der Waals surface area contributed by atoms with Gasteiger partial charge in [0.05, 0.1) is 0 Å². The van der Waals surface area contributed by atoms with Crippen LogP contribution in [-0.4, -0.2) is 60.6 Å². The monoisotopic (exact) mass is 269 g/mol. The summed E-state index contributed by atoms with van der Waals surface area (Å²) >= 11 is 0. The maximum atomic E-state index is 3.72. The van der Waals surface area contributed by atoms with Gasteiger partial charge in [-0.1, -0.05) is 34.1 Å².